The van der Waals surface area contributed by atoms with Gasteiger partial charge in [0.05, 0.1) is 11.1 Å². The molecule has 0 atom stereocenters. The lowest BCUT2D eigenvalue weighted by Gasteiger charge is -2.51. The van der Waals surface area contributed by atoms with Crippen molar-refractivity contribution in [3.63, 3.8) is 0 Å². The molecule has 5 heterocycles. The maximum absolute atomic E-state index is 7.79. The summed E-state index contributed by atoms with van der Waals surface area (Å²) in [7, 11) is 0. The van der Waals surface area contributed by atoms with E-state index in [0.29, 0.717) is 0 Å². The second-order valence-corrected chi connectivity index (χ2v) is 24.2. The van der Waals surface area contributed by atoms with Crippen molar-refractivity contribution in [2.75, 3.05) is 9.71 Å². The summed E-state index contributed by atoms with van der Waals surface area (Å²) in [6.07, 6.45) is 2.24. The van der Waals surface area contributed by atoms with Gasteiger partial charge in [0.1, 0.15) is 16.7 Å². The SMILES string of the molecule is CC(C)(C)c1ccc(N2c3cc4c(oc5ccccc54)c4c3B(c3c2oc2cc5c(cc32)C(C)(C)CCC5(C)C)N2c3ccccc3C3(c5ccccc5-c5ccccc53)c3cccc-4c32)c(-c2ccccc2)c1. The van der Waals surface area contributed by atoms with Gasteiger partial charge >= 0.3 is 6.85 Å². The first kappa shape index (κ1) is 42.5. The molecule has 0 bridgehead atoms. The Morgan fingerprint density at radius 1 is 0.459 bits per heavy atom. The highest BCUT2D eigenvalue weighted by atomic mass is 16.4. The highest BCUT2D eigenvalue weighted by Crippen LogP contribution is 2.66. The van der Waals surface area contributed by atoms with Crippen molar-refractivity contribution >= 4 is 79.3 Å². The normalized spacial score (nSPS) is 16.7. The van der Waals surface area contributed by atoms with Crippen LogP contribution in [0.25, 0.3) is 66.3 Å². The van der Waals surface area contributed by atoms with Crippen LogP contribution in [-0.4, -0.2) is 6.85 Å². The zero-order chi connectivity index (χ0) is 49.8. The lowest BCUT2D eigenvalue weighted by atomic mass is 9.42. The molecule has 356 valence electrons. The van der Waals surface area contributed by atoms with Gasteiger partial charge in [-0.1, -0.05) is 188 Å². The van der Waals surface area contributed by atoms with E-state index >= 15 is 0 Å². The zero-order valence-electron chi connectivity index (χ0n) is 43.0. The molecular weight excluding hydrogens is 900 g/mol. The van der Waals surface area contributed by atoms with Crippen LogP contribution in [0.1, 0.15) is 100 Å². The Kier molecular flexibility index (Phi) is 8.14. The van der Waals surface area contributed by atoms with Gasteiger partial charge in [-0.25, -0.2) is 0 Å². The molecule has 5 aliphatic rings. The largest absolute Gasteiger partial charge is 0.455 e. The summed E-state index contributed by atoms with van der Waals surface area (Å²) in [5, 5.41) is 3.37. The molecule has 1 spiro atoms. The molecule has 0 amide bonds. The third-order valence-corrected chi connectivity index (χ3v) is 18.3. The van der Waals surface area contributed by atoms with Gasteiger partial charge in [-0.2, -0.15) is 0 Å². The van der Waals surface area contributed by atoms with Gasteiger partial charge in [0.2, 0.25) is 5.88 Å². The Bertz CT molecular complexity index is 4230. The maximum atomic E-state index is 7.79. The Balaban J connectivity index is 1.11. The highest BCUT2D eigenvalue weighted by Gasteiger charge is 2.58. The fourth-order valence-corrected chi connectivity index (χ4v) is 14.6. The van der Waals surface area contributed by atoms with Crippen molar-refractivity contribution in [3.05, 3.63) is 221 Å². The maximum Gasteiger partial charge on any atom is 0.337 e. The van der Waals surface area contributed by atoms with Gasteiger partial charge in [0.15, 0.2) is 0 Å². The van der Waals surface area contributed by atoms with E-state index in [2.05, 4.69) is 240 Å². The number of anilines is 5. The summed E-state index contributed by atoms with van der Waals surface area (Å²) in [5.74, 6) is 0.865. The fraction of sp³-hybridized carbons (Fsp3) is 0.188. The van der Waals surface area contributed by atoms with Crippen LogP contribution in [0.3, 0.4) is 0 Å². The summed E-state index contributed by atoms with van der Waals surface area (Å²) >= 11 is 0. The van der Waals surface area contributed by atoms with Gasteiger partial charge in [0, 0.05) is 55.4 Å². The van der Waals surface area contributed by atoms with Crippen LogP contribution in [-0.2, 0) is 21.7 Å². The summed E-state index contributed by atoms with van der Waals surface area (Å²) < 4.78 is 15.1. The monoisotopic (exact) mass is 954 g/mol. The molecule has 0 saturated heterocycles. The molecule has 2 aromatic heterocycles. The summed E-state index contributed by atoms with van der Waals surface area (Å²) in [6, 6.07) is 68.8. The number of hydrogen-bond acceptors (Lipinski definition) is 4. The number of nitrogens with zero attached hydrogens (tertiary/aromatic N) is 2. The predicted octanol–water partition coefficient (Wildman–Crippen LogP) is 17.0. The van der Waals surface area contributed by atoms with Crippen molar-refractivity contribution < 1.29 is 8.83 Å². The van der Waals surface area contributed by atoms with E-state index in [-0.39, 0.29) is 23.1 Å². The second kappa shape index (κ2) is 14.2. The highest BCUT2D eigenvalue weighted by molar-refractivity contribution is 6.95. The first-order chi connectivity index (χ1) is 35.8. The lowest BCUT2D eigenvalue weighted by Crippen LogP contribution is -2.63. The van der Waals surface area contributed by atoms with Crippen LogP contribution in [0, 0.1) is 0 Å². The van der Waals surface area contributed by atoms with Crippen molar-refractivity contribution in [1.82, 2.24) is 0 Å². The van der Waals surface area contributed by atoms with Gasteiger partial charge in [-0.15, -0.1) is 0 Å². The minimum absolute atomic E-state index is 0.0103. The molecule has 16 rings (SSSR count). The van der Waals surface area contributed by atoms with Gasteiger partial charge in [0.25, 0.3) is 0 Å². The van der Waals surface area contributed by atoms with Crippen molar-refractivity contribution in [2.45, 2.75) is 83.0 Å². The molecule has 9 aromatic carbocycles. The van der Waals surface area contributed by atoms with Crippen LogP contribution in [0.5, 0.6) is 0 Å². The van der Waals surface area contributed by atoms with Crippen LogP contribution in [0.4, 0.5) is 28.6 Å². The molecule has 0 radical (unpaired) electrons. The van der Waals surface area contributed by atoms with Crippen LogP contribution in [0.2, 0.25) is 0 Å². The smallest absolute Gasteiger partial charge is 0.337 e. The number of rotatable bonds is 2. The number of para-hydroxylation sites is 3. The lowest BCUT2D eigenvalue weighted by molar-refractivity contribution is 0.332. The minimum atomic E-state index is -0.580. The molecule has 3 aliphatic heterocycles. The fourth-order valence-electron chi connectivity index (χ4n) is 14.6. The van der Waals surface area contributed by atoms with E-state index in [1.807, 2.05) is 0 Å². The average molecular weight is 955 g/mol. The Morgan fingerprint density at radius 3 is 1.84 bits per heavy atom. The van der Waals surface area contributed by atoms with Gasteiger partial charge in [-0.3, -0.25) is 4.90 Å². The number of fused-ring (bicyclic) bond motifs is 20. The van der Waals surface area contributed by atoms with Crippen molar-refractivity contribution in [2.24, 2.45) is 0 Å². The first-order valence-electron chi connectivity index (χ1n) is 26.7. The molecule has 0 unspecified atom stereocenters. The summed E-state index contributed by atoms with van der Waals surface area (Å²) in [4.78, 5) is 5.24. The average Bonchev–Trinajstić information content (AvgIpc) is 4.25. The Morgan fingerprint density at radius 2 is 1.09 bits per heavy atom. The molecule has 0 saturated carbocycles. The van der Waals surface area contributed by atoms with Crippen LogP contribution >= 0.6 is 0 Å². The van der Waals surface area contributed by atoms with E-state index in [1.165, 1.54) is 88.9 Å². The van der Waals surface area contributed by atoms with Crippen molar-refractivity contribution in [3.8, 4) is 33.4 Å². The molecule has 2 aliphatic carbocycles. The summed E-state index contributed by atoms with van der Waals surface area (Å²) in [6.45, 7) is 16.4. The number of furan rings is 2. The summed E-state index contributed by atoms with van der Waals surface area (Å²) in [5.41, 5.74) is 25.6. The zero-order valence-corrected chi connectivity index (χ0v) is 43.0. The number of hydrogen-bond donors (Lipinski definition) is 0. The first-order valence-corrected chi connectivity index (χ1v) is 26.7. The van der Waals surface area contributed by atoms with E-state index < -0.39 is 5.41 Å². The molecule has 0 fully saturated rings. The molecule has 4 nitrogen and oxygen atoms in total. The third kappa shape index (κ3) is 5.25. The van der Waals surface area contributed by atoms with Gasteiger partial charge in [-0.05, 0) is 133 Å². The number of benzene rings is 9. The second-order valence-electron chi connectivity index (χ2n) is 24.2. The molecule has 11 aromatic rings. The Hall–Kier alpha value is -8.02. The van der Waals surface area contributed by atoms with Gasteiger partial charge < -0.3 is 13.6 Å². The Labute approximate surface area is 433 Å². The van der Waals surface area contributed by atoms with E-state index in [1.54, 1.807) is 0 Å². The molecule has 5 heteroatoms. The van der Waals surface area contributed by atoms with E-state index in [9.17, 15) is 0 Å². The van der Waals surface area contributed by atoms with Crippen LogP contribution in [0.15, 0.2) is 191 Å². The molecular formula is C69H55BN2O2. The predicted molar refractivity (Wildman–Crippen MR) is 307 cm³/mol. The van der Waals surface area contributed by atoms with E-state index in [0.717, 1.165) is 68.7 Å². The topological polar surface area (TPSA) is 32.8 Å². The van der Waals surface area contributed by atoms with Crippen molar-refractivity contribution in [1.29, 1.82) is 0 Å². The quantitative estimate of drug-likeness (QED) is 0.162. The molecule has 74 heavy (non-hydrogen) atoms. The van der Waals surface area contributed by atoms with Crippen LogP contribution < -0.4 is 20.6 Å². The third-order valence-electron chi connectivity index (χ3n) is 18.3. The molecule has 0 N–H and O–H groups in total. The minimum Gasteiger partial charge on any atom is -0.455 e. The van der Waals surface area contributed by atoms with E-state index in [4.69, 9.17) is 8.83 Å². The standard InChI is InChI=1S/C69H55BN2O2/c1-66(2,3)41-32-33-55(46(36-41)40-20-9-8-10-21-40)71-57-38-47-44-24-13-18-31-58(44)73-64(47)60-45-25-19-29-52-63(45)72(56-30-17-16-28-51(56)69(52)49-26-14-11-22-42(49)43-23-12-15-27-50(43)69)70(62(57)60)61-48-37-53-54(39-59(48)74-65(61)71)68(6,7)35-34-67(53,4)5/h8-33,36-39H,34-35H2,1-7H3.